The van der Waals surface area contributed by atoms with E-state index in [1.165, 1.54) is 39.1 Å². The fraction of sp³-hybridized carbons (Fsp3) is 0.00917. The summed E-state index contributed by atoms with van der Waals surface area (Å²) in [6, 6.07) is 168. The normalized spacial score (nSPS) is 11.5. The molecule has 0 aromatic heterocycles. The van der Waals surface area contributed by atoms with Gasteiger partial charge in [0.15, 0.2) is 0 Å². The summed E-state index contributed by atoms with van der Waals surface area (Å²) in [4.78, 5) is 18.5. The largest absolute Gasteiger partial charge is 0.311 e. The molecule has 120 heavy (non-hydrogen) atoms. The Hall–Kier alpha value is -15.0. The van der Waals surface area contributed by atoms with Crippen molar-refractivity contribution in [2.45, 2.75) is 7.43 Å². The second-order valence-corrected chi connectivity index (χ2v) is 29.8. The summed E-state index contributed by atoms with van der Waals surface area (Å²) in [6.45, 7) is 0.0418. The van der Waals surface area contributed by atoms with Crippen LogP contribution >= 0.6 is 23.2 Å². The molecule has 2 heterocycles. The molecule has 0 bridgehead atoms. The number of anilines is 24. The summed E-state index contributed by atoms with van der Waals surface area (Å²) in [5.74, 6) is 0. The van der Waals surface area contributed by atoms with Crippen LogP contribution in [0.15, 0.2) is 479 Å². The number of hydrogen-bond acceptors (Lipinski definition) is 8. The number of benzene rings is 18. The summed E-state index contributed by atoms with van der Waals surface area (Å²) in [5.41, 5.74) is 28.6. The smallest absolute Gasteiger partial charge is 0.252 e. The Bertz CT molecular complexity index is 6190. The molecular weight excluding hydrogens is 1500 g/mol. The average Bonchev–Trinajstić information content (AvgIpc) is 0.698. The van der Waals surface area contributed by atoms with Crippen LogP contribution in [-0.2, 0) is 0 Å². The maximum Gasteiger partial charge on any atom is 0.252 e. The van der Waals surface area contributed by atoms with Crippen molar-refractivity contribution in [2.75, 3.05) is 39.2 Å². The molecule has 0 atom stereocenters. The van der Waals surface area contributed by atoms with E-state index in [1.54, 1.807) is 0 Å². The SMILES string of the molecule is C.Clc1c(N(c2ccccc2)c2ccccc2)cccc1N(c1ccccc1)c1cccc(N(c2ccccc2)c2cccc(N(c3ccccc3)c3ccccc3)c2Cl)c1.c1ccc(N(c2ccccc2)c2cccc(N(c3ccccc3)c3ccc4c(c3)N(c3ccccc3)c3cccc5c3B4c3ccccc3N5c3ccccc3)c2)cc1. The number of rotatable bonds is 20. The summed E-state index contributed by atoms with van der Waals surface area (Å²) >= 11 is 15.3. The van der Waals surface area contributed by atoms with Crippen LogP contribution in [0.4, 0.5) is 136 Å². The van der Waals surface area contributed by atoms with Crippen LogP contribution in [0.1, 0.15) is 7.43 Å². The Morgan fingerprint density at radius 2 is 0.392 bits per heavy atom. The highest BCUT2D eigenvalue weighted by Crippen LogP contribution is 2.52. The lowest BCUT2D eigenvalue weighted by molar-refractivity contribution is 1.23. The Kier molecular flexibility index (Phi) is 22.1. The molecule has 11 heteroatoms. The Labute approximate surface area is 713 Å². The van der Waals surface area contributed by atoms with Gasteiger partial charge in [-0.1, -0.05) is 285 Å². The molecule has 576 valence electrons. The lowest BCUT2D eigenvalue weighted by Crippen LogP contribution is -2.61. The minimum atomic E-state index is 0. The van der Waals surface area contributed by atoms with E-state index in [1.807, 2.05) is 84.9 Å². The van der Waals surface area contributed by atoms with Crippen molar-refractivity contribution < 1.29 is 0 Å². The van der Waals surface area contributed by atoms with Gasteiger partial charge in [-0.05, 0) is 241 Å². The molecule has 0 aliphatic carbocycles. The van der Waals surface area contributed by atoms with Crippen LogP contribution in [0.2, 0.25) is 10.0 Å². The fourth-order valence-corrected chi connectivity index (χ4v) is 17.4. The van der Waals surface area contributed by atoms with Crippen molar-refractivity contribution in [1.29, 1.82) is 0 Å². The van der Waals surface area contributed by atoms with E-state index in [0.717, 1.165) is 114 Å². The van der Waals surface area contributed by atoms with Crippen LogP contribution < -0.4 is 55.6 Å². The minimum absolute atomic E-state index is 0. The third-order valence-corrected chi connectivity index (χ3v) is 22.6. The molecule has 0 unspecified atom stereocenters. The fourth-order valence-electron chi connectivity index (χ4n) is 16.8. The van der Waals surface area contributed by atoms with Gasteiger partial charge in [0.2, 0.25) is 0 Å². The first kappa shape index (κ1) is 76.3. The highest BCUT2D eigenvalue weighted by atomic mass is 35.5. The standard InChI is InChI=1S/C54H39BN4.C54H40Cl2N4.CH4/c1-6-20-40(21-7-1)56(41-22-8-2-9-23-41)45-30-18-31-46(38-45)57(42-24-10-3-11-25-42)47-36-37-49-53(39-47)59(44-28-14-5-15-29-44)52-35-19-34-51-54(52)55(49)48-32-16-17-33-50(48)58(51)43-26-12-4-13-27-43;55-53-49(57(41-22-7-1-8-23-41)42-24-9-2-10-25-42)36-20-38-51(53)59(45-30-15-5-16-31-45)47-34-19-35-48(40-47)60(46-32-17-6-18-33-46)52-39-21-37-50(54(52)56)58(43-26-11-3-12-27-43)44-28-13-4-14-29-44;/h1-39H;1-40H;1H4. The van der Waals surface area contributed by atoms with Gasteiger partial charge in [-0.25, -0.2) is 0 Å². The monoisotopic (exact) mass is 1580 g/mol. The number of hydrogen-bond donors (Lipinski definition) is 0. The maximum absolute atomic E-state index is 7.65. The molecule has 18 aromatic carbocycles. The highest BCUT2D eigenvalue weighted by Gasteiger charge is 2.43. The second-order valence-electron chi connectivity index (χ2n) is 29.1. The van der Waals surface area contributed by atoms with Gasteiger partial charge in [0.05, 0.1) is 32.8 Å². The lowest BCUT2D eigenvalue weighted by atomic mass is 9.33. The van der Waals surface area contributed by atoms with Gasteiger partial charge in [-0.3, -0.25) is 0 Å². The van der Waals surface area contributed by atoms with E-state index >= 15 is 0 Å². The van der Waals surface area contributed by atoms with E-state index in [2.05, 4.69) is 434 Å². The quantitative estimate of drug-likeness (QED) is 0.0697. The first-order chi connectivity index (χ1) is 59.0. The zero-order valence-electron chi connectivity index (χ0n) is 65.0. The van der Waals surface area contributed by atoms with Crippen LogP contribution in [-0.4, -0.2) is 6.71 Å². The van der Waals surface area contributed by atoms with Crippen molar-refractivity contribution in [3.63, 3.8) is 0 Å². The van der Waals surface area contributed by atoms with Gasteiger partial charge < -0.3 is 39.2 Å². The molecule has 0 N–H and O–H groups in total. The Morgan fingerprint density at radius 1 is 0.175 bits per heavy atom. The minimum Gasteiger partial charge on any atom is -0.311 e. The van der Waals surface area contributed by atoms with Gasteiger partial charge in [0.1, 0.15) is 0 Å². The molecule has 2 aliphatic rings. The van der Waals surface area contributed by atoms with Crippen LogP contribution in [0.3, 0.4) is 0 Å². The van der Waals surface area contributed by atoms with Gasteiger partial charge >= 0.3 is 0 Å². The zero-order valence-corrected chi connectivity index (χ0v) is 66.5. The van der Waals surface area contributed by atoms with Gasteiger partial charge in [-0.2, -0.15) is 0 Å². The number of fused-ring (bicyclic) bond motifs is 4. The lowest BCUT2D eigenvalue weighted by Gasteiger charge is -2.44. The van der Waals surface area contributed by atoms with Crippen LogP contribution in [0, 0.1) is 0 Å². The molecule has 18 aromatic rings. The van der Waals surface area contributed by atoms with E-state index < -0.39 is 0 Å². The molecule has 0 fully saturated rings. The predicted octanol–water partition coefficient (Wildman–Crippen LogP) is 30.2. The molecule has 0 amide bonds. The second kappa shape index (κ2) is 34.8. The molecule has 0 radical (unpaired) electrons. The van der Waals surface area contributed by atoms with Crippen molar-refractivity contribution in [1.82, 2.24) is 0 Å². The van der Waals surface area contributed by atoms with Crippen molar-refractivity contribution in [3.8, 4) is 0 Å². The predicted molar refractivity (Wildman–Crippen MR) is 512 cm³/mol. The molecule has 2 aliphatic heterocycles. The number of halogens is 2. The van der Waals surface area contributed by atoms with E-state index in [9.17, 15) is 0 Å². The summed E-state index contributed by atoms with van der Waals surface area (Å²) in [5, 5.41) is 1.22. The summed E-state index contributed by atoms with van der Waals surface area (Å²) in [6.07, 6.45) is 0. The molecule has 0 saturated heterocycles. The molecule has 20 rings (SSSR count). The molecule has 8 nitrogen and oxygen atoms in total. The molecular formula is C109H83BCl2N8. The van der Waals surface area contributed by atoms with E-state index in [4.69, 9.17) is 23.2 Å². The van der Waals surface area contributed by atoms with Crippen LogP contribution in [0.5, 0.6) is 0 Å². The average molecular weight is 1590 g/mol. The third-order valence-electron chi connectivity index (χ3n) is 21.9. The summed E-state index contributed by atoms with van der Waals surface area (Å²) < 4.78 is 0. The van der Waals surface area contributed by atoms with Gasteiger partial charge in [-0.15, -0.1) is 0 Å². The Balaban J connectivity index is 0.000000163. The topological polar surface area (TPSA) is 25.9 Å². The van der Waals surface area contributed by atoms with Gasteiger partial charge in [0, 0.05) is 114 Å². The maximum atomic E-state index is 7.65. The number of nitrogens with zero attached hydrogens (tertiary/aromatic N) is 8. The van der Waals surface area contributed by atoms with E-state index in [0.29, 0.717) is 10.0 Å². The Morgan fingerprint density at radius 3 is 0.725 bits per heavy atom. The zero-order chi connectivity index (χ0) is 79.8. The molecule has 0 saturated carbocycles. The highest BCUT2D eigenvalue weighted by molar-refractivity contribution is 7.00. The van der Waals surface area contributed by atoms with Crippen molar-refractivity contribution >= 4 is 183 Å². The third kappa shape index (κ3) is 15.0. The first-order valence-corrected chi connectivity index (χ1v) is 40.8. The molecule has 0 spiro atoms. The number of para-hydroxylation sites is 12. The van der Waals surface area contributed by atoms with Crippen molar-refractivity contribution in [3.05, 3.63) is 489 Å². The van der Waals surface area contributed by atoms with E-state index in [-0.39, 0.29) is 14.1 Å². The van der Waals surface area contributed by atoms with Gasteiger partial charge in [0.25, 0.3) is 6.71 Å². The first-order valence-electron chi connectivity index (χ1n) is 40.1. The van der Waals surface area contributed by atoms with Crippen molar-refractivity contribution in [2.24, 2.45) is 0 Å². The van der Waals surface area contributed by atoms with Crippen LogP contribution in [0.25, 0.3) is 0 Å². The summed E-state index contributed by atoms with van der Waals surface area (Å²) in [7, 11) is 0.